The number of hydrazone groups is 1. The third kappa shape index (κ3) is 4.93. The van der Waals surface area contributed by atoms with E-state index in [0.717, 1.165) is 5.23 Å². The largest absolute Gasteiger partial charge is 0.528 e. The van der Waals surface area contributed by atoms with Crippen LogP contribution in [0, 0.1) is 0 Å². The number of hydrogen-bond donors (Lipinski definition) is 1. The van der Waals surface area contributed by atoms with Crippen molar-refractivity contribution in [1.29, 1.82) is 0 Å². The van der Waals surface area contributed by atoms with Gasteiger partial charge in [-0.05, 0) is 12.1 Å². The number of hydrazine groups is 2. The second-order valence-corrected chi connectivity index (χ2v) is 5.08. The molecule has 0 saturated heterocycles. The van der Waals surface area contributed by atoms with Gasteiger partial charge in [0.05, 0.1) is 5.69 Å². The van der Waals surface area contributed by atoms with Gasteiger partial charge in [0.2, 0.25) is 5.90 Å². The van der Waals surface area contributed by atoms with Crippen LogP contribution in [-0.4, -0.2) is 49.0 Å². The fourth-order valence-corrected chi connectivity index (χ4v) is 1.81. The van der Waals surface area contributed by atoms with Crippen LogP contribution in [-0.2, 0) is 4.74 Å². The number of hydrogen-bond acceptors (Lipinski definition) is 7. The number of ether oxygens (including phenoxy) is 1. The summed E-state index contributed by atoms with van der Waals surface area (Å²) in [7, 11) is 3.21. The number of nitrogens with one attached hydrogen (secondary N) is 1. The molecule has 1 amide bonds. The Morgan fingerprint density at radius 3 is 2.48 bits per heavy atom. The number of anilines is 1. The normalized spacial score (nSPS) is 14.2. The third-order valence-electron chi connectivity index (χ3n) is 2.90. The summed E-state index contributed by atoms with van der Waals surface area (Å²) in [6, 6.07) is 7.78. The summed E-state index contributed by atoms with van der Waals surface area (Å²) in [6.45, 7) is -1.56. The van der Waals surface area contributed by atoms with Crippen molar-refractivity contribution in [2.24, 2.45) is 5.10 Å². The molecule has 0 saturated carbocycles. The zero-order chi connectivity index (χ0) is 18.6. The summed E-state index contributed by atoms with van der Waals surface area (Å²) in [5.74, 6) is -0.156. The van der Waals surface area contributed by atoms with Crippen LogP contribution < -0.4 is 15.5 Å². The van der Waals surface area contributed by atoms with E-state index in [-0.39, 0.29) is 11.5 Å². The van der Waals surface area contributed by atoms with E-state index in [1.807, 2.05) is 0 Å². The number of carbonyl (C=O) groups excluding carboxylic acids is 1. The molecule has 1 aliphatic heterocycles. The number of amides is 1. The first-order valence-corrected chi connectivity index (χ1v) is 6.97. The van der Waals surface area contributed by atoms with Crippen molar-refractivity contribution in [2.45, 2.75) is 6.18 Å². The minimum atomic E-state index is -4.56. The molecule has 0 aromatic heterocycles. The minimum Gasteiger partial charge on any atom is -0.528 e. The molecule has 25 heavy (non-hydrogen) atoms. The van der Waals surface area contributed by atoms with Crippen molar-refractivity contribution in [3.05, 3.63) is 42.2 Å². The monoisotopic (exact) mass is 358 g/mol. The number of alkyl halides is 3. The van der Waals surface area contributed by atoms with Gasteiger partial charge in [-0.25, -0.2) is 10.4 Å². The Hall–Kier alpha value is -3.11. The van der Waals surface area contributed by atoms with E-state index >= 15 is 0 Å². The van der Waals surface area contributed by atoms with Gasteiger partial charge in [-0.15, -0.1) is 0 Å². The van der Waals surface area contributed by atoms with Crippen LogP contribution in [0.5, 0.6) is 0 Å². The molecule has 136 valence electrons. The number of nitrogens with zero attached hydrogens (tertiary/aromatic N) is 4. The summed E-state index contributed by atoms with van der Waals surface area (Å²) < 4.78 is 41.7. The lowest BCUT2D eigenvalue weighted by Gasteiger charge is -2.37. The minimum absolute atomic E-state index is 0.175. The van der Waals surface area contributed by atoms with Crippen LogP contribution in [0.25, 0.3) is 0 Å². The number of halogens is 3. The molecule has 0 spiro atoms. The van der Waals surface area contributed by atoms with Gasteiger partial charge in [-0.1, -0.05) is 28.5 Å². The predicted octanol–water partition coefficient (Wildman–Crippen LogP) is 0.867. The smallest absolute Gasteiger partial charge is 0.422 e. The fraction of sp³-hybridized carbons (Fsp3) is 0.286. The molecule has 0 bridgehead atoms. The number of carbonyl (C=O) groups is 1. The number of para-hydroxylation sites is 1. The zero-order valence-electron chi connectivity index (χ0n) is 13.3. The van der Waals surface area contributed by atoms with Crippen LogP contribution in [0.2, 0.25) is 0 Å². The van der Waals surface area contributed by atoms with Gasteiger partial charge in [0.25, 0.3) is 0 Å². The van der Waals surface area contributed by atoms with E-state index in [9.17, 15) is 23.1 Å². The van der Waals surface area contributed by atoms with Crippen molar-refractivity contribution in [2.75, 3.05) is 25.7 Å². The van der Waals surface area contributed by atoms with Crippen molar-refractivity contribution in [3.63, 3.8) is 0 Å². The molecule has 8 nitrogen and oxygen atoms in total. The average molecular weight is 358 g/mol. The molecule has 0 atom stereocenters. The summed E-state index contributed by atoms with van der Waals surface area (Å²) in [6.07, 6.45) is -4.99. The lowest BCUT2D eigenvalue weighted by molar-refractivity contribution is -0.251. The Morgan fingerprint density at radius 2 is 1.96 bits per heavy atom. The maximum Gasteiger partial charge on any atom is 0.422 e. The van der Waals surface area contributed by atoms with Crippen molar-refractivity contribution >= 4 is 17.7 Å². The van der Waals surface area contributed by atoms with Gasteiger partial charge in [-0.3, -0.25) is 0 Å². The molecule has 2 rings (SSSR count). The Morgan fingerprint density at radius 1 is 1.32 bits per heavy atom. The van der Waals surface area contributed by atoms with Crippen molar-refractivity contribution < 1.29 is 27.8 Å². The van der Waals surface area contributed by atoms with Gasteiger partial charge in [-0.2, -0.15) is 13.2 Å². The van der Waals surface area contributed by atoms with Gasteiger partial charge < -0.3 is 19.5 Å². The number of benzene rings is 1. The molecule has 0 aliphatic carbocycles. The SMILES string of the molecule is CN(C)C1=CC(OCC(F)(F)F)=NN(N(C(=O)[O-])c2ccccc2)N1. The third-order valence-corrected chi connectivity index (χ3v) is 2.90. The van der Waals surface area contributed by atoms with Gasteiger partial charge >= 0.3 is 6.18 Å². The highest BCUT2D eigenvalue weighted by Gasteiger charge is 2.30. The fourth-order valence-electron chi connectivity index (χ4n) is 1.81. The van der Waals surface area contributed by atoms with E-state index in [1.165, 1.54) is 23.1 Å². The highest BCUT2D eigenvalue weighted by atomic mass is 19.4. The molecule has 1 aliphatic rings. The molecule has 11 heteroatoms. The van der Waals surface area contributed by atoms with Crippen molar-refractivity contribution in [3.8, 4) is 0 Å². The van der Waals surface area contributed by atoms with E-state index in [0.29, 0.717) is 5.01 Å². The molecule has 1 heterocycles. The first-order valence-electron chi connectivity index (χ1n) is 6.97. The molecule has 1 aromatic carbocycles. The van der Waals surface area contributed by atoms with E-state index in [2.05, 4.69) is 15.3 Å². The zero-order valence-corrected chi connectivity index (χ0v) is 13.3. The highest BCUT2D eigenvalue weighted by molar-refractivity contribution is 5.89. The molecule has 0 fully saturated rings. The first kappa shape index (κ1) is 18.2. The second-order valence-electron chi connectivity index (χ2n) is 5.08. The van der Waals surface area contributed by atoms with Gasteiger partial charge in [0, 0.05) is 20.2 Å². The maximum atomic E-state index is 12.4. The molecular formula is C14H15F3N5O3-. The summed E-state index contributed by atoms with van der Waals surface area (Å²) in [5, 5.41) is 16.6. The lowest BCUT2D eigenvalue weighted by atomic mass is 10.3. The Kier molecular flexibility index (Phi) is 5.25. The molecule has 0 radical (unpaired) electrons. The van der Waals surface area contributed by atoms with Crippen LogP contribution >= 0.6 is 0 Å². The molecule has 0 unspecified atom stereocenters. The van der Waals surface area contributed by atoms with Crippen LogP contribution in [0.15, 0.2) is 47.3 Å². The van der Waals surface area contributed by atoms with E-state index in [4.69, 9.17) is 0 Å². The Bertz CT molecular complexity index is 676. The van der Waals surface area contributed by atoms with E-state index in [1.54, 1.807) is 32.3 Å². The summed E-state index contributed by atoms with van der Waals surface area (Å²) in [5.41, 5.74) is 2.81. The summed E-state index contributed by atoms with van der Waals surface area (Å²) in [4.78, 5) is 13.0. The van der Waals surface area contributed by atoms with Crippen molar-refractivity contribution in [1.82, 2.24) is 15.6 Å². The standard InChI is InChI=1S/C14H16F3N5O3/c1-20(2)11-8-12(25-9-14(15,16)17)19-22(18-11)21(13(23)24)10-6-4-3-5-7-10/h3-8,18H,9H2,1-2H3,(H,23,24)/p-1. The maximum absolute atomic E-state index is 12.4. The number of rotatable bonds is 4. The average Bonchev–Trinajstić information content (AvgIpc) is 2.53. The molecular weight excluding hydrogens is 343 g/mol. The molecule has 1 N–H and O–H groups in total. The van der Waals surface area contributed by atoms with E-state index < -0.39 is 24.8 Å². The predicted molar refractivity (Wildman–Crippen MR) is 80.5 cm³/mol. The van der Waals surface area contributed by atoms with Gasteiger partial charge in [0.1, 0.15) is 5.82 Å². The first-order chi connectivity index (χ1) is 11.7. The van der Waals surface area contributed by atoms with Crippen LogP contribution in [0.1, 0.15) is 0 Å². The van der Waals surface area contributed by atoms with Crippen LogP contribution in [0.4, 0.5) is 23.7 Å². The Labute approximate surface area is 141 Å². The molecule has 1 aromatic rings. The summed E-state index contributed by atoms with van der Waals surface area (Å²) >= 11 is 0. The second kappa shape index (κ2) is 7.20. The van der Waals surface area contributed by atoms with Crippen LogP contribution in [0.3, 0.4) is 0 Å². The topological polar surface area (TPSA) is 83.5 Å². The number of carboxylic acid groups (broad SMARTS) is 1. The van der Waals surface area contributed by atoms with Gasteiger partial charge in [0.15, 0.2) is 12.7 Å². The lowest BCUT2D eigenvalue weighted by Crippen LogP contribution is -2.57. The highest BCUT2D eigenvalue weighted by Crippen LogP contribution is 2.19. The quantitative estimate of drug-likeness (QED) is 0.860. The Balaban J connectivity index is 2.32.